The summed E-state index contributed by atoms with van der Waals surface area (Å²) in [5.41, 5.74) is 2.85. The Morgan fingerprint density at radius 2 is 1.89 bits per heavy atom. The van der Waals surface area contributed by atoms with Crippen LogP contribution in [0.3, 0.4) is 0 Å². The van der Waals surface area contributed by atoms with Crippen LogP contribution in [0.5, 0.6) is 5.75 Å². The normalized spacial score (nSPS) is 14.4. The monoisotopic (exact) mass is 535 g/mol. The summed E-state index contributed by atoms with van der Waals surface area (Å²) in [6.07, 6.45) is 4.53. The van der Waals surface area contributed by atoms with Gasteiger partial charge in [-0.25, -0.2) is 23.1 Å². The van der Waals surface area contributed by atoms with E-state index in [2.05, 4.69) is 20.8 Å². The molecule has 1 fully saturated rings. The van der Waals surface area contributed by atoms with Crippen molar-refractivity contribution in [2.75, 3.05) is 40.4 Å². The Kier molecular flexibility index (Phi) is 9.42. The van der Waals surface area contributed by atoms with Crippen LogP contribution in [0.25, 0.3) is 11.3 Å². The zero-order chi connectivity index (χ0) is 27.0. The SMILES string of the molecule is CN(C)CCCNS(=O)(=O)c1ccc(Cc2nccc(-c3ccc(OC4CCOCC4)c(C#N)c3)n2)cc1. The first-order valence-electron chi connectivity index (χ1n) is 12.7. The standard InChI is InChI=1S/C28H33N5O4S/c1-33(2)15-3-13-31-38(34,35)25-7-4-21(5-8-25)18-28-30-14-10-26(32-28)22-6-9-27(23(19-22)20-29)37-24-11-16-36-17-12-24/h4-10,14,19,24,31H,3,11-13,15-18H2,1-2H3. The van der Waals surface area contributed by atoms with E-state index in [0.717, 1.165) is 36.9 Å². The lowest BCUT2D eigenvalue weighted by Crippen LogP contribution is -2.27. The van der Waals surface area contributed by atoms with E-state index in [1.54, 1.807) is 42.6 Å². The zero-order valence-electron chi connectivity index (χ0n) is 21.8. The number of nitrogens with one attached hydrogen (secondary N) is 1. The third-order valence-corrected chi connectivity index (χ3v) is 7.71. The summed E-state index contributed by atoms with van der Waals surface area (Å²) in [6, 6.07) is 16.3. The Labute approximate surface area is 224 Å². The van der Waals surface area contributed by atoms with Crippen molar-refractivity contribution in [1.82, 2.24) is 19.6 Å². The highest BCUT2D eigenvalue weighted by Gasteiger charge is 2.18. The molecule has 3 aromatic rings. The molecule has 2 aromatic carbocycles. The molecule has 0 unspecified atom stereocenters. The van der Waals surface area contributed by atoms with Crippen LogP contribution >= 0.6 is 0 Å². The smallest absolute Gasteiger partial charge is 0.240 e. The maximum Gasteiger partial charge on any atom is 0.240 e. The molecule has 38 heavy (non-hydrogen) atoms. The van der Waals surface area contributed by atoms with Crippen molar-refractivity contribution in [3.8, 4) is 23.1 Å². The lowest BCUT2D eigenvalue weighted by atomic mass is 10.1. The number of hydrogen-bond acceptors (Lipinski definition) is 8. The van der Waals surface area contributed by atoms with E-state index in [1.807, 2.05) is 31.1 Å². The summed E-state index contributed by atoms with van der Waals surface area (Å²) >= 11 is 0. The molecule has 2 heterocycles. The highest BCUT2D eigenvalue weighted by Crippen LogP contribution is 2.27. The third-order valence-electron chi connectivity index (χ3n) is 6.23. The highest BCUT2D eigenvalue weighted by molar-refractivity contribution is 7.89. The van der Waals surface area contributed by atoms with Crippen molar-refractivity contribution in [1.29, 1.82) is 5.26 Å². The topological polar surface area (TPSA) is 117 Å². The van der Waals surface area contributed by atoms with E-state index in [-0.39, 0.29) is 11.0 Å². The molecule has 0 atom stereocenters. The molecule has 1 aliphatic rings. The minimum absolute atomic E-state index is 0.0487. The van der Waals surface area contributed by atoms with Crippen molar-refractivity contribution in [3.63, 3.8) is 0 Å². The maximum atomic E-state index is 12.5. The number of benzene rings is 2. The molecular weight excluding hydrogens is 502 g/mol. The van der Waals surface area contributed by atoms with Crippen molar-refractivity contribution >= 4 is 10.0 Å². The molecular formula is C28H33N5O4S. The minimum atomic E-state index is -3.55. The number of ether oxygens (including phenoxy) is 2. The molecule has 200 valence electrons. The Hall–Kier alpha value is -3.36. The fourth-order valence-electron chi connectivity index (χ4n) is 4.15. The number of nitrogens with zero attached hydrogens (tertiary/aromatic N) is 4. The molecule has 9 nitrogen and oxygen atoms in total. The highest BCUT2D eigenvalue weighted by atomic mass is 32.2. The van der Waals surface area contributed by atoms with Gasteiger partial charge in [-0.2, -0.15) is 5.26 Å². The van der Waals surface area contributed by atoms with Crippen LogP contribution in [0.15, 0.2) is 59.6 Å². The van der Waals surface area contributed by atoms with Gasteiger partial charge in [0, 0.05) is 37.6 Å². The molecule has 1 aliphatic heterocycles. The Morgan fingerprint density at radius 1 is 1.13 bits per heavy atom. The molecule has 0 amide bonds. The number of sulfonamides is 1. The lowest BCUT2D eigenvalue weighted by Gasteiger charge is -2.23. The summed E-state index contributed by atoms with van der Waals surface area (Å²) in [5.74, 6) is 1.17. The second-order valence-electron chi connectivity index (χ2n) is 9.49. The summed E-state index contributed by atoms with van der Waals surface area (Å²) in [4.78, 5) is 11.3. The summed E-state index contributed by atoms with van der Waals surface area (Å²) in [5, 5.41) is 9.69. The van der Waals surface area contributed by atoms with Gasteiger partial charge in [-0.05, 0) is 69.0 Å². The maximum absolute atomic E-state index is 12.5. The predicted octanol–water partition coefficient (Wildman–Crippen LogP) is 3.39. The second-order valence-corrected chi connectivity index (χ2v) is 11.3. The lowest BCUT2D eigenvalue weighted by molar-refractivity contribution is 0.0254. The van der Waals surface area contributed by atoms with Gasteiger partial charge < -0.3 is 14.4 Å². The molecule has 0 aliphatic carbocycles. The average molecular weight is 536 g/mol. The van der Waals surface area contributed by atoms with Gasteiger partial charge >= 0.3 is 0 Å². The van der Waals surface area contributed by atoms with E-state index in [0.29, 0.717) is 49.0 Å². The van der Waals surface area contributed by atoms with E-state index < -0.39 is 10.0 Å². The van der Waals surface area contributed by atoms with Gasteiger partial charge in [-0.3, -0.25) is 0 Å². The van der Waals surface area contributed by atoms with Crippen molar-refractivity contribution in [3.05, 3.63) is 71.7 Å². The van der Waals surface area contributed by atoms with Gasteiger partial charge in [0.15, 0.2) is 0 Å². The second kappa shape index (κ2) is 12.9. The number of nitriles is 1. The van der Waals surface area contributed by atoms with E-state index in [9.17, 15) is 13.7 Å². The van der Waals surface area contributed by atoms with Crippen molar-refractivity contribution in [2.45, 2.75) is 36.7 Å². The summed E-state index contributed by atoms with van der Waals surface area (Å²) in [7, 11) is 0.356. The Balaban J connectivity index is 1.42. The van der Waals surface area contributed by atoms with Crippen LogP contribution in [-0.4, -0.2) is 69.8 Å². The van der Waals surface area contributed by atoms with Crippen LogP contribution in [-0.2, 0) is 21.2 Å². The number of aromatic nitrogens is 2. The molecule has 1 N–H and O–H groups in total. The van der Waals surface area contributed by atoms with Crippen LogP contribution in [0.1, 0.15) is 36.2 Å². The fourth-order valence-corrected chi connectivity index (χ4v) is 5.23. The molecule has 1 saturated heterocycles. The predicted molar refractivity (Wildman–Crippen MR) is 144 cm³/mol. The van der Waals surface area contributed by atoms with Crippen LogP contribution in [0.2, 0.25) is 0 Å². The fraction of sp³-hybridized carbons (Fsp3) is 0.393. The van der Waals surface area contributed by atoms with Crippen LogP contribution in [0, 0.1) is 11.3 Å². The first kappa shape index (κ1) is 27.7. The van der Waals surface area contributed by atoms with Gasteiger partial charge in [0.05, 0.1) is 29.4 Å². The van der Waals surface area contributed by atoms with Crippen molar-refractivity contribution < 1.29 is 17.9 Å². The van der Waals surface area contributed by atoms with E-state index in [4.69, 9.17) is 9.47 Å². The molecule has 10 heteroatoms. The first-order chi connectivity index (χ1) is 18.3. The largest absolute Gasteiger partial charge is 0.489 e. The Morgan fingerprint density at radius 3 is 2.61 bits per heavy atom. The molecule has 0 radical (unpaired) electrons. The molecule has 4 rings (SSSR count). The van der Waals surface area contributed by atoms with Crippen LogP contribution < -0.4 is 9.46 Å². The van der Waals surface area contributed by atoms with Crippen molar-refractivity contribution in [2.24, 2.45) is 0 Å². The molecule has 0 saturated carbocycles. The van der Waals surface area contributed by atoms with Crippen LogP contribution in [0.4, 0.5) is 0 Å². The average Bonchev–Trinajstić information content (AvgIpc) is 2.92. The first-order valence-corrected chi connectivity index (χ1v) is 14.2. The van der Waals surface area contributed by atoms with Gasteiger partial charge in [-0.15, -0.1) is 0 Å². The molecule has 0 bridgehead atoms. The Bertz CT molecular complexity index is 1360. The molecule has 1 aromatic heterocycles. The molecule has 0 spiro atoms. The van der Waals surface area contributed by atoms with Gasteiger partial charge in [0.25, 0.3) is 0 Å². The van der Waals surface area contributed by atoms with E-state index >= 15 is 0 Å². The number of rotatable bonds is 11. The zero-order valence-corrected chi connectivity index (χ0v) is 22.6. The quantitative estimate of drug-likeness (QED) is 0.371. The number of hydrogen-bond donors (Lipinski definition) is 1. The summed E-state index contributed by atoms with van der Waals surface area (Å²) in [6.45, 7) is 2.54. The summed E-state index contributed by atoms with van der Waals surface area (Å²) < 4.78 is 39.2. The minimum Gasteiger partial charge on any atom is -0.489 e. The van der Waals surface area contributed by atoms with E-state index in [1.165, 1.54) is 0 Å². The third kappa shape index (κ3) is 7.58. The van der Waals surface area contributed by atoms with Gasteiger partial charge in [0.2, 0.25) is 10.0 Å². The van der Waals surface area contributed by atoms with Gasteiger partial charge in [0.1, 0.15) is 23.7 Å². The van der Waals surface area contributed by atoms with Gasteiger partial charge in [-0.1, -0.05) is 12.1 Å².